The van der Waals surface area contributed by atoms with Crippen LogP contribution in [0.3, 0.4) is 0 Å². The van der Waals surface area contributed by atoms with Gasteiger partial charge in [-0.05, 0) is 31.1 Å². The zero-order valence-electron chi connectivity index (χ0n) is 13.9. The molecule has 128 valence electrons. The third-order valence-corrected chi connectivity index (χ3v) is 4.79. The quantitative estimate of drug-likeness (QED) is 0.632. The molecule has 1 amide bonds. The Morgan fingerprint density at radius 1 is 1.36 bits per heavy atom. The van der Waals surface area contributed by atoms with Gasteiger partial charge in [0.15, 0.2) is 11.5 Å². The molecule has 0 bridgehead atoms. The highest BCUT2D eigenvalue weighted by Crippen LogP contribution is 2.41. The molecule has 1 fully saturated rings. The van der Waals surface area contributed by atoms with Crippen LogP contribution in [0, 0.1) is 11.3 Å². The Kier molecular flexibility index (Phi) is 5.00. The summed E-state index contributed by atoms with van der Waals surface area (Å²) in [5.74, 6) is 1.12. The number of thiazole rings is 1. The Hall–Kier alpha value is -2.85. The van der Waals surface area contributed by atoms with E-state index in [4.69, 9.17) is 9.47 Å². The number of carbonyl (C=O) groups is 1. The number of nitrogens with zero attached hydrogens (tertiary/aromatic N) is 2. The first-order chi connectivity index (χ1) is 12.1. The first kappa shape index (κ1) is 17.0. The molecule has 0 spiro atoms. The summed E-state index contributed by atoms with van der Waals surface area (Å²) in [6.07, 6.45) is 3.85. The number of benzene rings is 1. The Bertz CT molecular complexity index is 863. The van der Waals surface area contributed by atoms with E-state index in [1.807, 2.05) is 11.4 Å². The number of methoxy groups -OCH3 is 2. The molecule has 0 saturated heterocycles. The third-order valence-electron chi connectivity index (χ3n) is 3.77. The van der Waals surface area contributed by atoms with Crippen molar-refractivity contribution in [3.63, 3.8) is 0 Å². The van der Waals surface area contributed by atoms with E-state index in [1.165, 1.54) is 33.1 Å². The normalized spacial score (nSPS) is 13.9. The van der Waals surface area contributed by atoms with E-state index in [1.54, 1.807) is 29.5 Å². The average Bonchev–Trinajstić information content (AvgIpc) is 3.38. The van der Waals surface area contributed by atoms with Crippen LogP contribution < -0.4 is 14.8 Å². The van der Waals surface area contributed by atoms with Gasteiger partial charge in [-0.1, -0.05) is 0 Å². The number of rotatable bonds is 6. The van der Waals surface area contributed by atoms with Crippen molar-refractivity contribution in [1.29, 1.82) is 5.26 Å². The van der Waals surface area contributed by atoms with Gasteiger partial charge in [0, 0.05) is 23.1 Å². The predicted octanol–water partition coefficient (Wildman–Crippen LogP) is 3.58. The minimum Gasteiger partial charge on any atom is -0.493 e. The molecule has 0 unspecified atom stereocenters. The maximum atomic E-state index is 12.4. The number of hydrogen-bond donors (Lipinski definition) is 1. The molecule has 1 saturated carbocycles. The molecule has 1 aliphatic rings. The molecule has 2 aromatic rings. The van der Waals surface area contributed by atoms with Crippen molar-refractivity contribution in [1.82, 2.24) is 4.98 Å². The summed E-state index contributed by atoms with van der Waals surface area (Å²) >= 11 is 1.57. The molecule has 1 aromatic carbocycles. The Labute approximate surface area is 149 Å². The smallest absolute Gasteiger partial charge is 0.266 e. The molecule has 1 N–H and O–H groups in total. The highest BCUT2D eigenvalue weighted by molar-refractivity contribution is 7.09. The number of nitrogens with one attached hydrogen (secondary N) is 1. The molecule has 0 radical (unpaired) electrons. The molecular weight excluding hydrogens is 338 g/mol. The predicted molar refractivity (Wildman–Crippen MR) is 95.9 cm³/mol. The molecule has 0 aliphatic heterocycles. The van der Waals surface area contributed by atoms with Gasteiger partial charge in [-0.2, -0.15) is 5.26 Å². The number of anilines is 1. The van der Waals surface area contributed by atoms with Gasteiger partial charge in [-0.3, -0.25) is 4.79 Å². The van der Waals surface area contributed by atoms with Gasteiger partial charge < -0.3 is 14.8 Å². The molecule has 1 aromatic heterocycles. The van der Waals surface area contributed by atoms with Crippen molar-refractivity contribution in [2.24, 2.45) is 0 Å². The van der Waals surface area contributed by atoms with Gasteiger partial charge in [0.2, 0.25) is 0 Å². The summed E-state index contributed by atoms with van der Waals surface area (Å²) in [6, 6.07) is 6.94. The van der Waals surface area contributed by atoms with Crippen LogP contribution in [0.15, 0.2) is 29.2 Å². The van der Waals surface area contributed by atoms with Gasteiger partial charge in [0.05, 0.1) is 24.9 Å². The van der Waals surface area contributed by atoms with Crippen LogP contribution in [-0.2, 0) is 4.79 Å². The topological polar surface area (TPSA) is 84.2 Å². The highest BCUT2D eigenvalue weighted by Gasteiger charge is 2.26. The van der Waals surface area contributed by atoms with E-state index in [9.17, 15) is 10.1 Å². The van der Waals surface area contributed by atoms with Crippen molar-refractivity contribution in [3.8, 4) is 17.6 Å². The van der Waals surface area contributed by atoms with Crippen LogP contribution in [0.25, 0.3) is 6.08 Å². The fourth-order valence-corrected chi connectivity index (χ4v) is 3.24. The number of carbonyl (C=O) groups excluding carboxylic acids is 1. The summed E-state index contributed by atoms with van der Waals surface area (Å²) in [7, 11) is 3.06. The minimum atomic E-state index is -0.490. The summed E-state index contributed by atoms with van der Waals surface area (Å²) in [4.78, 5) is 16.8. The van der Waals surface area contributed by atoms with Crippen LogP contribution in [0.4, 0.5) is 5.69 Å². The first-order valence-corrected chi connectivity index (χ1v) is 8.63. The third kappa shape index (κ3) is 3.98. The maximum Gasteiger partial charge on any atom is 0.266 e. The van der Waals surface area contributed by atoms with Crippen LogP contribution in [-0.4, -0.2) is 25.1 Å². The molecule has 25 heavy (non-hydrogen) atoms. The van der Waals surface area contributed by atoms with Crippen LogP contribution in [0.5, 0.6) is 11.5 Å². The van der Waals surface area contributed by atoms with E-state index >= 15 is 0 Å². The number of hydrogen-bond acceptors (Lipinski definition) is 6. The van der Waals surface area contributed by atoms with Crippen molar-refractivity contribution in [3.05, 3.63) is 39.9 Å². The number of aromatic nitrogens is 1. The second kappa shape index (κ2) is 7.36. The Balaban J connectivity index is 1.75. The second-order valence-electron chi connectivity index (χ2n) is 5.58. The fourth-order valence-electron chi connectivity index (χ4n) is 2.29. The first-order valence-electron chi connectivity index (χ1n) is 7.75. The van der Waals surface area contributed by atoms with Gasteiger partial charge in [0.25, 0.3) is 5.91 Å². The molecular formula is C18H17N3O3S. The largest absolute Gasteiger partial charge is 0.493 e. The van der Waals surface area contributed by atoms with E-state index in [0.717, 1.165) is 5.01 Å². The number of ether oxygens (including phenoxy) is 2. The lowest BCUT2D eigenvalue weighted by Gasteiger charge is -2.10. The SMILES string of the molecule is COc1ccc(NC(=O)C(C#N)=Cc2csc(C3CC3)n2)cc1OC. The molecule has 1 heterocycles. The van der Waals surface area contributed by atoms with Gasteiger partial charge in [-0.25, -0.2) is 4.98 Å². The summed E-state index contributed by atoms with van der Waals surface area (Å²) in [6.45, 7) is 0. The van der Waals surface area contributed by atoms with E-state index in [0.29, 0.717) is 28.8 Å². The summed E-state index contributed by atoms with van der Waals surface area (Å²) < 4.78 is 10.4. The zero-order valence-corrected chi connectivity index (χ0v) is 14.7. The standard InChI is InChI=1S/C18H17N3O3S/c1-23-15-6-5-13(8-16(15)24-2)20-17(22)12(9-19)7-14-10-25-18(21-14)11-3-4-11/h5-8,10-11H,3-4H2,1-2H3,(H,20,22). The number of nitriles is 1. The monoisotopic (exact) mass is 355 g/mol. The molecule has 0 atom stereocenters. The lowest BCUT2D eigenvalue weighted by molar-refractivity contribution is -0.112. The maximum absolute atomic E-state index is 12.4. The number of amides is 1. The lowest BCUT2D eigenvalue weighted by atomic mass is 10.2. The fraction of sp³-hybridized carbons (Fsp3) is 0.278. The second-order valence-corrected chi connectivity index (χ2v) is 6.47. The summed E-state index contributed by atoms with van der Waals surface area (Å²) in [5.41, 5.74) is 1.16. The molecule has 6 nitrogen and oxygen atoms in total. The summed E-state index contributed by atoms with van der Waals surface area (Å²) in [5, 5.41) is 14.9. The van der Waals surface area contributed by atoms with Crippen molar-refractivity contribution < 1.29 is 14.3 Å². The molecule has 3 rings (SSSR count). The van der Waals surface area contributed by atoms with Crippen LogP contribution >= 0.6 is 11.3 Å². The van der Waals surface area contributed by atoms with Crippen LogP contribution in [0.1, 0.15) is 29.5 Å². The Morgan fingerprint density at radius 2 is 2.12 bits per heavy atom. The van der Waals surface area contributed by atoms with Crippen molar-refractivity contribution >= 4 is 29.0 Å². The molecule has 7 heteroatoms. The van der Waals surface area contributed by atoms with E-state index < -0.39 is 5.91 Å². The lowest BCUT2D eigenvalue weighted by Crippen LogP contribution is -2.13. The minimum absolute atomic E-state index is 0.00225. The van der Waals surface area contributed by atoms with Gasteiger partial charge in [0.1, 0.15) is 11.6 Å². The molecule has 1 aliphatic carbocycles. The van der Waals surface area contributed by atoms with Gasteiger partial charge >= 0.3 is 0 Å². The zero-order chi connectivity index (χ0) is 17.8. The van der Waals surface area contributed by atoms with E-state index in [2.05, 4.69) is 10.3 Å². The highest BCUT2D eigenvalue weighted by atomic mass is 32.1. The average molecular weight is 355 g/mol. The van der Waals surface area contributed by atoms with Crippen molar-refractivity contribution in [2.75, 3.05) is 19.5 Å². The van der Waals surface area contributed by atoms with Gasteiger partial charge in [-0.15, -0.1) is 11.3 Å². The Morgan fingerprint density at radius 3 is 2.76 bits per heavy atom. The van der Waals surface area contributed by atoms with E-state index in [-0.39, 0.29) is 5.57 Å². The van der Waals surface area contributed by atoms with Crippen molar-refractivity contribution in [2.45, 2.75) is 18.8 Å². The van der Waals surface area contributed by atoms with Crippen LogP contribution in [0.2, 0.25) is 0 Å².